The van der Waals surface area contributed by atoms with E-state index in [0.717, 1.165) is 51.6 Å². The van der Waals surface area contributed by atoms with Crippen molar-refractivity contribution in [1.82, 2.24) is 15.1 Å². The van der Waals surface area contributed by atoms with Crippen LogP contribution in [0.1, 0.15) is 45.4 Å². The van der Waals surface area contributed by atoms with E-state index in [1.165, 1.54) is 25.7 Å². The normalized spacial score (nSPS) is 33.5. The molecule has 4 heteroatoms. The summed E-state index contributed by atoms with van der Waals surface area (Å²) in [6.45, 7) is 7.28. The average molecular weight is 279 g/mol. The fourth-order valence-corrected chi connectivity index (χ4v) is 4.19. The summed E-state index contributed by atoms with van der Waals surface area (Å²) in [5, 5.41) is 3.43. The molecule has 0 aromatic rings. The van der Waals surface area contributed by atoms with E-state index < -0.39 is 0 Å². The molecule has 3 aliphatic rings. The molecule has 2 aliphatic heterocycles. The minimum atomic E-state index is 0.268. The Kier molecular flexibility index (Phi) is 4.61. The molecule has 1 N–H and O–H groups in total. The minimum absolute atomic E-state index is 0.268. The maximum Gasteiger partial charge on any atom is 0.225 e. The third-order valence-corrected chi connectivity index (χ3v) is 5.44. The fraction of sp³-hybridized carbons (Fsp3) is 0.938. The summed E-state index contributed by atoms with van der Waals surface area (Å²) in [5.41, 5.74) is 0. The van der Waals surface area contributed by atoms with Crippen molar-refractivity contribution in [3.63, 3.8) is 0 Å². The number of nitrogens with one attached hydrogen (secondary N) is 1. The zero-order valence-corrected chi connectivity index (χ0v) is 12.8. The first-order valence-electron chi connectivity index (χ1n) is 8.50. The van der Waals surface area contributed by atoms with Gasteiger partial charge in [0.25, 0.3) is 0 Å². The number of amides is 1. The SMILES string of the molecule is C[C@H]1C[C@@H](C(=O)N2CCN(C3CCCC3)CC2)CCN1. The van der Waals surface area contributed by atoms with E-state index in [1.807, 2.05) is 0 Å². The molecule has 0 unspecified atom stereocenters. The molecule has 1 amide bonds. The predicted octanol–water partition coefficient (Wildman–Crippen LogP) is 1.46. The number of nitrogens with zero attached hydrogens (tertiary/aromatic N) is 2. The molecule has 1 saturated carbocycles. The third-order valence-electron chi connectivity index (χ3n) is 5.44. The van der Waals surface area contributed by atoms with E-state index in [0.29, 0.717) is 11.9 Å². The number of rotatable bonds is 2. The van der Waals surface area contributed by atoms with Crippen molar-refractivity contribution >= 4 is 5.91 Å². The summed E-state index contributed by atoms with van der Waals surface area (Å²) in [4.78, 5) is 17.4. The monoisotopic (exact) mass is 279 g/mol. The highest BCUT2D eigenvalue weighted by molar-refractivity contribution is 5.79. The van der Waals surface area contributed by atoms with Crippen molar-refractivity contribution in [1.29, 1.82) is 0 Å². The van der Waals surface area contributed by atoms with Gasteiger partial charge in [-0.25, -0.2) is 0 Å². The van der Waals surface area contributed by atoms with Crippen LogP contribution < -0.4 is 5.32 Å². The summed E-state index contributed by atoms with van der Waals surface area (Å²) in [5.74, 6) is 0.689. The van der Waals surface area contributed by atoms with Gasteiger partial charge in [0.1, 0.15) is 0 Å². The van der Waals surface area contributed by atoms with Gasteiger partial charge in [0.05, 0.1) is 0 Å². The Labute approximate surface area is 122 Å². The highest BCUT2D eigenvalue weighted by Gasteiger charge is 2.32. The molecule has 2 saturated heterocycles. The second-order valence-corrected chi connectivity index (χ2v) is 6.88. The van der Waals surface area contributed by atoms with Gasteiger partial charge in [-0.2, -0.15) is 0 Å². The Bertz CT molecular complexity index is 333. The molecule has 1 aliphatic carbocycles. The van der Waals surface area contributed by atoms with E-state index in [1.54, 1.807) is 0 Å². The molecule has 2 atom stereocenters. The quantitative estimate of drug-likeness (QED) is 0.831. The predicted molar refractivity (Wildman–Crippen MR) is 80.6 cm³/mol. The summed E-state index contributed by atoms with van der Waals surface area (Å²) in [6.07, 6.45) is 7.58. The largest absolute Gasteiger partial charge is 0.340 e. The minimum Gasteiger partial charge on any atom is -0.340 e. The molecule has 0 bridgehead atoms. The van der Waals surface area contributed by atoms with Crippen molar-refractivity contribution in [3.05, 3.63) is 0 Å². The van der Waals surface area contributed by atoms with Crippen LogP contribution in [0.2, 0.25) is 0 Å². The van der Waals surface area contributed by atoms with E-state index >= 15 is 0 Å². The maximum atomic E-state index is 12.6. The molecule has 0 spiro atoms. The van der Waals surface area contributed by atoms with Crippen molar-refractivity contribution in [2.45, 2.75) is 57.5 Å². The summed E-state index contributed by atoms with van der Waals surface area (Å²) in [6, 6.07) is 1.31. The highest BCUT2D eigenvalue weighted by atomic mass is 16.2. The summed E-state index contributed by atoms with van der Waals surface area (Å²) < 4.78 is 0. The van der Waals surface area contributed by atoms with Gasteiger partial charge in [-0.05, 0) is 39.2 Å². The maximum absolute atomic E-state index is 12.6. The molecule has 3 fully saturated rings. The van der Waals surface area contributed by atoms with Gasteiger partial charge in [0, 0.05) is 44.2 Å². The van der Waals surface area contributed by atoms with Gasteiger partial charge in [0.2, 0.25) is 5.91 Å². The van der Waals surface area contributed by atoms with Crippen molar-refractivity contribution in [2.24, 2.45) is 5.92 Å². The lowest BCUT2D eigenvalue weighted by molar-refractivity contribution is -0.138. The molecule has 0 aromatic carbocycles. The Morgan fingerprint density at radius 2 is 1.75 bits per heavy atom. The molecule has 2 heterocycles. The van der Waals surface area contributed by atoms with Gasteiger partial charge < -0.3 is 10.2 Å². The summed E-state index contributed by atoms with van der Waals surface area (Å²) >= 11 is 0. The second-order valence-electron chi connectivity index (χ2n) is 6.88. The van der Waals surface area contributed by atoms with Gasteiger partial charge in [-0.3, -0.25) is 9.69 Å². The van der Waals surface area contributed by atoms with Crippen LogP contribution in [0.15, 0.2) is 0 Å². The standard InChI is InChI=1S/C16H29N3O/c1-13-12-14(6-7-17-13)16(20)19-10-8-18(9-11-19)15-4-2-3-5-15/h13-15,17H,2-12H2,1H3/t13-,14-/m0/s1. The number of piperazine rings is 1. The number of hydrogen-bond acceptors (Lipinski definition) is 3. The van der Waals surface area contributed by atoms with E-state index in [4.69, 9.17) is 0 Å². The molecule has 0 aromatic heterocycles. The fourth-order valence-electron chi connectivity index (χ4n) is 4.19. The first-order chi connectivity index (χ1) is 9.74. The van der Waals surface area contributed by atoms with Gasteiger partial charge in [-0.1, -0.05) is 12.8 Å². The molecule has 4 nitrogen and oxygen atoms in total. The van der Waals surface area contributed by atoms with Crippen molar-refractivity contribution in [2.75, 3.05) is 32.7 Å². The lowest BCUT2D eigenvalue weighted by atomic mass is 9.92. The smallest absolute Gasteiger partial charge is 0.225 e. The molecule has 114 valence electrons. The van der Waals surface area contributed by atoms with Gasteiger partial charge >= 0.3 is 0 Å². The lowest BCUT2D eigenvalue weighted by Gasteiger charge is -2.40. The van der Waals surface area contributed by atoms with E-state index in [9.17, 15) is 4.79 Å². The first-order valence-corrected chi connectivity index (χ1v) is 8.50. The molecule has 20 heavy (non-hydrogen) atoms. The first kappa shape index (κ1) is 14.3. The lowest BCUT2D eigenvalue weighted by Crippen LogP contribution is -2.53. The number of carbonyl (C=O) groups excluding carboxylic acids is 1. The van der Waals surface area contributed by atoms with Crippen molar-refractivity contribution in [3.8, 4) is 0 Å². The van der Waals surface area contributed by atoms with Crippen LogP contribution in [-0.2, 0) is 4.79 Å². The van der Waals surface area contributed by atoms with E-state index in [2.05, 4.69) is 22.0 Å². The number of hydrogen-bond donors (Lipinski definition) is 1. The Hall–Kier alpha value is -0.610. The highest BCUT2D eigenvalue weighted by Crippen LogP contribution is 2.25. The number of carbonyl (C=O) groups is 1. The zero-order valence-electron chi connectivity index (χ0n) is 12.8. The van der Waals surface area contributed by atoms with Crippen LogP contribution in [0, 0.1) is 5.92 Å². The number of piperidine rings is 1. The van der Waals surface area contributed by atoms with Gasteiger partial charge in [0.15, 0.2) is 0 Å². The Morgan fingerprint density at radius 1 is 1.05 bits per heavy atom. The van der Waals surface area contributed by atoms with Crippen LogP contribution in [-0.4, -0.2) is 60.5 Å². The zero-order chi connectivity index (χ0) is 13.9. The Balaban J connectivity index is 1.48. The van der Waals surface area contributed by atoms with Crippen LogP contribution in [0.25, 0.3) is 0 Å². The second kappa shape index (κ2) is 6.44. The van der Waals surface area contributed by atoms with Crippen LogP contribution in [0.5, 0.6) is 0 Å². The molecule has 3 rings (SSSR count). The van der Waals surface area contributed by atoms with Crippen LogP contribution >= 0.6 is 0 Å². The van der Waals surface area contributed by atoms with Crippen molar-refractivity contribution < 1.29 is 4.79 Å². The molecular formula is C16H29N3O. The summed E-state index contributed by atoms with van der Waals surface area (Å²) in [7, 11) is 0. The Morgan fingerprint density at radius 3 is 2.40 bits per heavy atom. The topological polar surface area (TPSA) is 35.6 Å². The van der Waals surface area contributed by atoms with Crippen LogP contribution in [0.3, 0.4) is 0 Å². The van der Waals surface area contributed by atoms with E-state index in [-0.39, 0.29) is 5.92 Å². The average Bonchev–Trinajstić information content (AvgIpc) is 3.01. The third kappa shape index (κ3) is 3.17. The van der Waals surface area contributed by atoms with Gasteiger partial charge in [-0.15, -0.1) is 0 Å². The molecular weight excluding hydrogens is 250 g/mol. The molecule has 0 radical (unpaired) electrons. The van der Waals surface area contributed by atoms with Crippen LogP contribution in [0.4, 0.5) is 0 Å².